The molecule has 0 unspecified atom stereocenters. The van der Waals surface area contributed by atoms with E-state index in [9.17, 15) is 5.11 Å². The molecule has 1 aromatic carbocycles. The number of nitrogens with zero attached hydrogens (tertiary/aromatic N) is 1. The van der Waals surface area contributed by atoms with Crippen LogP contribution < -0.4 is 0 Å². The number of aromatic hydroxyl groups is 1. The molecule has 0 bridgehead atoms. The minimum Gasteiger partial charge on any atom is -0.506 e. The van der Waals surface area contributed by atoms with Gasteiger partial charge in [0, 0.05) is 17.1 Å². The second kappa shape index (κ2) is 4.45. The van der Waals surface area contributed by atoms with Crippen LogP contribution in [0.5, 0.6) is 5.75 Å². The van der Waals surface area contributed by atoms with Crippen LogP contribution in [0.1, 0.15) is 5.56 Å². The minimum atomic E-state index is 0.221. The van der Waals surface area contributed by atoms with Crippen LogP contribution in [0, 0.1) is 0 Å². The third-order valence-corrected chi connectivity index (χ3v) is 2.77. The predicted molar refractivity (Wildman–Crippen MR) is 64.0 cm³/mol. The van der Waals surface area contributed by atoms with Gasteiger partial charge in [0.05, 0.1) is 0 Å². The third-order valence-electron chi connectivity index (χ3n) is 2.13. The van der Waals surface area contributed by atoms with Gasteiger partial charge in [0.25, 0.3) is 0 Å². The summed E-state index contributed by atoms with van der Waals surface area (Å²) in [6.07, 6.45) is 1.76. The number of halogens is 1. The van der Waals surface area contributed by atoms with Gasteiger partial charge in [-0.15, -0.1) is 0 Å². The van der Waals surface area contributed by atoms with Crippen molar-refractivity contribution in [3.05, 3.63) is 48.2 Å². The number of rotatable bonds is 2. The highest BCUT2D eigenvalue weighted by Crippen LogP contribution is 2.27. The highest BCUT2D eigenvalue weighted by atomic mass is 79.9. The molecular formula is C12H10BrNO. The normalized spacial score (nSPS) is 10.2. The van der Waals surface area contributed by atoms with Crippen LogP contribution in [-0.4, -0.2) is 10.1 Å². The first-order chi connectivity index (χ1) is 7.31. The molecule has 2 nitrogen and oxygen atoms in total. The lowest BCUT2D eigenvalue weighted by atomic mass is 10.1. The molecule has 0 aliphatic carbocycles. The van der Waals surface area contributed by atoms with Gasteiger partial charge in [-0.25, -0.2) is 0 Å². The zero-order chi connectivity index (χ0) is 10.7. The first-order valence-electron chi connectivity index (χ1n) is 4.60. The Morgan fingerprint density at radius 1 is 1.20 bits per heavy atom. The van der Waals surface area contributed by atoms with E-state index in [2.05, 4.69) is 20.9 Å². The molecule has 0 radical (unpaired) electrons. The van der Waals surface area contributed by atoms with Crippen molar-refractivity contribution in [2.75, 3.05) is 0 Å². The van der Waals surface area contributed by atoms with Crippen LogP contribution in [0.15, 0.2) is 42.6 Å². The van der Waals surface area contributed by atoms with Crippen molar-refractivity contribution in [3.63, 3.8) is 0 Å². The van der Waals surface area contributed by atoms with Crippen molar-refractivity contribution in [3.8, 4) is 17.0 Å². The maximum atomic E-state index is 9.79. The summed E-state index contributed by atoms with van der Waals surface area (Å²) in [7, 11) is 0. The molecule has 1 heterocycles. The molecule has 0 spiro atoms. The van der Waals surface area contributed by atoms with Crippen LogP contribution in [0.25, 0.3) is 11.3 Å². The van der Waals surface area contributed by atoms with E-state index in [1.807, 2.05) is 30.3 Å². The highest BCUT2D eigenvalue weighted by molar-refractivity contribution is 9.08. The minimum absolute atomic E-state index is 0.221. The van der Waals surface area contributed by atoms with E-state index in [4.69, 9.17) is 0 Å². The standard InChI is InChI=1S/C12H10BrNO/c13-7-9-6-11(15)12(14-8-9)10-4-2-1-3-5-10/h1-6,8,15H,7H2. The third kappa shape index (κ3) is 2.18. The number of hydrogen-bond donors (Lipinski definition) is 1. The molecule has 2 aromatic rings. The summed E-state index contributed by atoms with van der Waals surface area (Å²) in [6.45, 7) is 0. The van der Waals surface area contributed by atoms with Crippen LogP contribution in [0.4, 0.5) is 0 Å². The Kier molecular flexibility index (Phi) is 3.02. The van der Waals surface area contributed by atoms with Crippen molar-refractivity contribution < 1.29 is 5.11 Å². The van der Waals surface area contributed by atoms with E-state index in [1.54, 1.807) is 12.3 Å². The van der Waals surface area contributed by atoms with Crippen molar-refractivity contribution in [2.24, 2.45) is 0 Å². The average Bonchev–Trinajstić information content (AvgIpc) is 2.30. The molecule has 2 rings (SSSR count). The van der Waals surface area contributed by atoms with Crippen LogP contribution in [0.3, 0.4) is 0 Å². The van der Waals surface area contributed by atoms with E-state index < -0.39 is 0 Å². The number of pyridine rings is 1. The zero-order valence-electron chi connectivity index (χ0n) is 8.02. The van der Waals surface area contributed by atoms with Gasteiger partial charge < -0.3 is 5.11 Å². The van der Waals surface area contributed by atoms with E-state index in [0.29, 0.717) is 11.0 Å². The number of alkyl halides is 1. The van der Waals surface area contributed by atoms with Gasteiger partial charge in [-0.2, -0.15) is 0 Å². The van der Waals surface area contributed by atoms with Crippen LogP contribution >= 0.6 is 15.9 Å². The van der Waals surface area contributed by atoms with Gasteiger partial charge in [0.1, 0.15) is 11.4 Å². The van der Waals surface area contributed by atoms with Crippen LogP contribution in [-0.2, 0) is 5.33 Å². The Bertz CT molecular complexity index is 456. The van der Waals surface area contributed by atoms with Crippen molar-refractivity contribution in [2.45, 2.75) is 5.33 Å². The fourth-order valence-electron chi connectivity index (χ4n) is 1.39. The largest absolute Gasteiger partial charge is 0.506 e. The summed E-state index contributed by atoms with van der Waals surface area (Å²) < 4.78 is 0. The fourth-order valence-corrected chi connectivity index (χ4v) is 1.69. The Balaban J connectivity index is 2.46. The van der Waals surface area contributed by atoms with E-state index in [-0.39, 0.29) is 5.75 Å². The quantitative estimate of drug-likeness (QED) is 0.844. The lowest BCUT2D eigenvalue weighted by molar-refractivity contribution is 0.474. The summed E-state index contributed by atoms with van der Waals surface area (Å²) in [5, 5.41) is 10.5. The predicted octanol–water partition coefficient (Wildman–Crippen LogP) is 3.35. The molecule has 0 saturated heterocycles. The van der Waals surface area contributed by atoms with Crippen molar-refractivity contribution in [1.82, 2.24) is 4.98 Å². The molecule has 0 saturated carbocycles. The Morgan fingerprint density at radius 2 is 1.93 bits per heavy atom. The maximum absolute atomic E-state index is 9.79. The second-order valence-electron chi connectivity index (χ2n) is 3.21. The molecule has 3 heteroatoms. The topological polar surface area (TPSA) is 33.1 Å². The lowest BCUT2D eigenvalue weighted by Crippen LogP contribution is -1.87. The van der Waals surface area contributed by atoms with Crippen LogP contribution in [0.2, 0.25) is 0 Å². The number of benzene rings is 1. The van der Waals surface area contributed by atoms with Gasteiger partial charge >= 0.3 is 0 Å². The lowest BCUT2D eigenvalue weighted by Gasteiger charge is -2.04. The van der Waals surface area contributed by atoms with Crippen molar-refractivity contribution >= 4 is 15.9 Å². The second-order valence-corrected chi connectivity index (χ2v) is 3.77. The molecule has 0 aliphatic rings. The molecule has 0 aliphatic heterocycles. The molecule has 15 heavy (non-hydrogen) atoms. The number of aromatic nitrogens is 1. The zero-order valence-corrected chi connectivity index (χ0v) is 9.61. The van der Waals surface area contributed by atoms with E-state index in [1.165, 1.54) is 0 Å². The molecule has 0 amide bonds. The fraction of sp³-hybridized carbons (Fsp3) is 0.0833. The molecule has 0 fully saturated rings. The number of hydrogen-bond acceptors (Lipinski definition) is 2. The summed E-state index contributed by atoms with van der Waals surface area (Å²) in [5.41, 5.74) is 2.52. The molecule has 1 aromatic heterocycles. The summed E-state index contributed by atoms with van der Waals surface area (Å²) in [4.78, 5) is 4.24. The molecule has 76 valence electrons. The Morgan fingerprint density at radius 3 is 2.53 bits per heavy atom. The SMILES string of the molecule is Oc1cc(CBr)cnc1-c1ccccc1. The van der Waals surface area contributed by atoms with E-state index >= 15 is 0 Å². The molecule has 1 N–H and O–H groups in total. The summed E-state index contributed by atoms with van der Waals surface area (Å²) in [5.74, 6) is 0.221. The molecular weight excluding hydrogens is 254 g/mol. The van der Waals surface area contributed by atoms with Gasteiger partial charge in [-0.05, 0) is 11.6 Å². The monoisotopic (exact) mass is 263 g/mol. The van der Waals surface area contributed by atoms with Gasteiger partial charge in [0.2, 0.25) is 0 Å². The Labute approximate surface area is 96.7 Å². The average molecular weight is 264 g/mol. The first kappa shape index (κ1) is 10.2. The van der Waals surface area contributed by atoms with Gasteiger partial charge in [-0.1, -0.05) is 46.3 Å². The smallest absolute Gasteiger partial charge is 0.142 e. The van der Waals surface area contributed by atoms with E-state index in [0.717, 1.165) is 11.1 Å². The molecule has 0 atom stereocenters. The van der Waals surface area contributed by atoms with Crippen molar-refractivity contribution in [1.29, 1.82) is 0 Å². The maximum Gasteiger partial charge on any atom is 0.142 e. The first-order valence-corrected chi connectivity index (χ1v) is 5.72. The summed E-state index contributed by atoms with van der Waals surface area (Å²) in [6, 6.07) is 11.4. The highest BCUT2D eigenvalue weighted by Gasteiger charge is 2.05. The Hall–Kier alpha value is -1.35. The van der Waals surface area contributed by atoms with Gasteiger partial charge in [0.15, 0.2) is 0 Å². The van der Waals surface area contributed by atoms with Gasteiger partial charge in [-0.3, -0.25) is 4.98 Å². The summed E-state index contributed by atoms with van der Waals surface area (Å²) >= 11 is 3.32.